The number of hydrazine groups is 1. The Kier molecular flexibility index (Phi) is 8.23. The minimum Gasteiger partial charge on any atom is -0.507 e. The lowest BCUT2D eigenvalue weighted by Crippen LogP contribution is -2.33. The first-order valence-corrected chi connectivity index (χ1v) is 12.4. The van der Waals surface area contributed by atoms with Crippen LogP contribution in [-0.2, 0) is 22.5 Å². The number of rotatable bonds is 9. The van der Waals surface area contributed by atoms with Crippen LogP contribution in [0.15, 0.2) is 53.3 Å². The summed E-state index contributed by atoms with van der Waals surface area (Å²) < 4.78 is 11.8. The molecule has 3 unspecified atom stereocenters. The number of carbonyl (C=O) groups excluding carboxylic acids is 1. The van der Waals surface area contributed by atoms with Crippen molar-refractivity contribution in [3.8, 4) is 23.0 Å². The van der Waals surface area contributed by atoms with Gasteiger partial charge in [0.2, 0.25) is 0 Å². The van der Waals surface area contributed by atoms with E-state index >= 15 is 0 Å². The highest BCUT2D eigenvalue weighted by Crippen LogP contribution is 2.41. The van der Waals surface area contributed by atoms with Crippen molar-refractivity contribution in [3.63, 3.8) is 0 Å². The van der Waals surface area contributed by atoms with Crippen molar-refractivity contribution in [1.29, 1.82) is 0 Å². The minimum absolute atomic E-state index is 0.0884. The predicted molar refractivity (Wildman–Crippen MR) is 140 cm³/mol. The Bertz CT molecular complexity index is 1350. The Morgan fingerprint density at radius 1 is 1.05 bits per heavy atom. The Balaban J connectivity index is 1.72. The molecule has 2 heterocycles. The molecule has 4 rings (SSSR count). The molecule has 0 aliphatic carbocycles. The summed E-state index contributed by atoms with van der Waals surface area (Å²) in [6.07, 6.45) is 0.316. The number of ether oxygens (including phenoxy) is 2. The van der Waals surface area contributed by atoms with Gasteiger partial charge in [0.25, 0.3) is 5.56 Å². The fourth-order valence-electron chi connectivity index (χ4n) is 5.12. The monoisotopic (exact) mass is 523 g/mol. The van der Waals surface area contributed by atoms with E-state index in [1.165, 1.54) is 25.3 Å². The average Bonchev–Trinajstić information content (AvgIpc) is 3.39. The molecule has 10 heteroatoms. The van der Waals surface area contributed by atoms with Gasteiger partial charge in [0.1, 0.15) is 11.5 Å². The third-order valence-corrected chi connectivity index (χ3v) is 7.19. The van der Waals surface area contributed by atoms with Gasteiger partial charge in [-0.2, -0.15) is 0 Å². The van der Waals surface area contributed by atoms with Crippen LogP contribution in [0.4, 0.5) is 0 Å². The van der Waals surface area contributed by atoms with E-state index in [9.17, 15) is 24.9 Å². The first kappa shape index (κ1) is 27.0. The summed E-state index contributed by atoms with van der Waals surface area (Å²) >= 11 is 0. The van der Waals surface area contributed by atoms with Crippen LogP contribution in [-0.4, -0.2) is 46.6 Å². The number of aryl methyl sites for hydroxylation is 2. The van der Waals surface area contributed by atoms with Crippen LogP contribution in [0, 0.1) is 12.8 Å². The van der Waals surface area contributed by atoms with E-state index in [4.69, 9.17) is 9.47 Å². The largest absolute Gasteiger partial charge is 0.507 e. The van der Waals surface area contributed by atoms with Gasteiger partial charge in [-0.3, -0.25) is 15.0 Å². The molecule has 1 aliphatic heterocycles. The van der Waals surface area contributed by atoms with Gasteiger partial charge in [0, 0.05) is 30.6 Å². The lowest BCUT2D eigenvalue weighted by molar-refractivity contribution is -0.141. The van der Waals surface area contributed by atoms with Crippen molar-refractivity contribution in [2.45, 2.75) is 38.3 Å². The maximum absolute atomic E-state index is 13.9. The summed E-state index contributed by atoms with van der Waals surface area (Å²) in [5, 5.41) is 30.4. The van der Waals surface area contributed by atoms with E-state index in [2.05, 4.69) is 10.9 Å². The van der Waals surface area contributed by atoms with E-state index in [1.807, 2.05) is 24.3 Å². The fourth-order valence-corrected chi connectivity index (χ4v) is 5.12. The minimum atomic E-state index is -0.644. The molecule has 0 saturated carbocycles. The van der Waals surface area contributed by atoms with E-state index in [1.54, 1.807) is 24.7 Å². The molecule has 1 aliphatic rings. The molecule has 1 aromatic heterocycles. The van der Waals surface area contributed by atoms with E-state index in [0.717, 1.165) is 11.1 Å². The van der Waals surface area contributed by atoms with E-state index in [0.29, 0.717) is 24.4 Å². The average molecular weight is 524 g/mol. The van der Waals surface area contributed by atoms with Crippen molar-refractivity contribution >= 4 is 5.97 Å². The van der Waals surface area contributed by atoms with Gasteiger partial charge in [-0.15, -0.1) is 0 Å². The number of pyridine rings is 1. The molecule has 10 nitrogen and oxygen atoms in total. The highest BCUT2D eigenvalue weighted by molar-refractivity contribution is 5.70. The number of phenolic OH excluding ortho intramolecular Hbond substituents is 2. The molecular formula is C28H33N3O7. The van der Waals surface area contributed by atoms with Crippen molar-refractivity contribution < 1.29 is 29.6 Å². The van der Waals surface area contributed by atoms with Crippen LogP contribution in [0.1, 0.15) is 40.8 Å². The van der Waals surface area contributed by atoms with Gasteiger partial charge in [-0.1, -0.05) is 18.2 Å². The molecule has 5 N–H and O–H groups in total. The van der Waals surface area contributed by atoms with Gasteiger partial charge in [-0.25, -0.2) is 5.43 Å². The number of aromatic hydroxyl groups is 3. The molecule has 3 atom stereocenters. The molecule has 0 bridgehead atoms. The molecule has 38 heavy (non-hydrogen) atoms. The Hall–Kier alpha value is -4.02. The summed E-state index contributed by atoms with van der Waals surface area (Å²) in [6.45, 7) is 2.46. The Morgan fingerprint density at radius 2 is 1.79 bits per heavy atom. The van der Waals surface area contributed by atoms with Crippen LogP contribution in [0.25, 0.3) is 0 Å². The van der Waals surface area contributed by atoms with Gasteiger partial charge in [0.15, 0.2) is 11.5 Å². The predicted octanol–water partition coefficient (Wildman–Crippen LogP) is 2.64. The summed E-state index contributed by atoms with van der Waals surface area (Å²) in [6, 6.07) is 13.3. The van der Waals surface area contributed by atoms with Gasteiger partial charge in [-0.05, 0) is 54.8 Å². The highest BCUT2D eigenvalue weighted by atomic mass is 16.5. The summed E-state index contributed by atoms with van der Waals surface area (Å²) in [5.74, 6) is -1.29. The molecule has 1 saturated heterocycles. The van der Waals surface area contributed by atoms with Crippen LogP contribution in [0.5, 0.6) is 23.0 Å². The summed E-state index contributed by atoms with van der Waals surface area (Å²) in [7, 11) is 2.89. The SMILES string of the molecule is COC(=O)CC(c1c(O)cc(C)n(CCc2ccc(O)c(O)c2)c1=O)C1CNNC1c1ccc(OC)cc1. The zero-order valence-corrected chi connectivity index (χ0v) is 21.6. The third-order valence-electron chi connectivity index (χ3n) is 7.19. The lowest BCUT2D eigenvalue weighted by atomic mass is 9.78. The number of hydrogen-bond acceptors (Lipinski definition) is 9. The smallest absolute Gasteiger partial charge is 0.306 e. The molecule has 0 amide bonds. The summed E-state index contributed by atoms with van der Waals surface area (Å²) in [5.41, 5.74) is 8.39. The second kappa shape index (κ2) is 11.6. The van der Waals surface area contributed by atoms with Crippen LogP contribution in [0.2, 0.25) is 0 Å². The second-order valence-electron chi connectivity index (χ2n) is 9.44. The zero-order valence-electron chi connectivity index (χ0n) is 21.6. The first-order chi connectivity index (χ1) is 18.2. The number of hydrogen-bond donors (Lipinski definition) is 5. The Labute approximate surface area is 220 Å². The number of methoxy groups -OCH3 is 2. The Morgan fingerprint density at radius 3 is 2.45 bits per heavy atom. The molecule has 1 fully saturated rings. The van der Waals surface area contributed by atoms with Crippen LogP contribution in [0.3, 0.4) is 0 Å². The topological polar surface area (TPSA) is 142 Å². The summed E-state index contributed by atoms with van der Waals surface area (Å²) in [4.78, 5) is 26.4. The number of benzene rings is 2. The normalized spacial score (nSPS) is 17.8. The molecular weight excluding hydrogens is 490 g/mol. The maximum Gasteiger partial charge on any atom is 0.306 e. The quantitative estimate of drug-likeness (QED) is 0.211. The number of nitrogens with one attached hydrogen (secondary N) is 2. The molecule has 0 radical (unpaired) electrons. The number of phenols is 2. The molecule has 0 spiro atoms. The molecule has 2 aromatic carbocycles. The zero-order chi connectivity index (χ0) is 27.4. The van der Waals surface area contributed by atoms with E-state index < -0.39 is 11.9 Å². The standard InChI is InChI=1S/C28H33N3O7/c1-16-12-24(34)26(28(36)31(16)11-10-17-4-9-22(32)23(33)13-17)20(14-25(35)38-3)21-15-29-30-27(21)18-5-7-19(37-2)8-6-18/h4-9,12-13,20-21,27,29-30,32-34H,10-11,14-15H2,1-3H3. The van der Waals surface area contributed by atoms with Crippen molar-refractivity contribution in [1.82, 2.24) is 15.4 Å². The van der Waals surface area contributed by atoms with Gasteiger partial charge in [0.05, 0.1) is 32.2 Å². The molecule has 202 valence electrons. The van der Waals surface area contributed by atoms with E-state index in [-0.39, 0.29) is 53.3 Å². The van der Waals surface area contributed by atoms with Gasteiger partial charge >= 0.3 is 5.97 Å². The number of nitrogens with zero attached hydrogens (tertiary/aromatic N) is 1. The number of aromatic nitrogens is 1. The first-order valence-electron chi connectivity index (χ1n) is 12.4. The van der Waals surface area contributed by atoms with Crippen molar-refractivity contribution in [3.05, 3.63) is 81.3 Å². The third kappa shape index (κ3) is 5.61. The highest BCUT2D eigenvalue weighted by Gasteiger charge is 2.39. The maximum atomic E-state index is 13.9. The number of esters is 1. The fraction of sp³-hybridized carbons (Fsp3) is 0.357. The molecule has 3 aromatic rings. The number of carbonyl (C=O) groups is 1. The van der Waals surface area contributed by atoms with Crippen LogP contribution < -0.4 is 21.1 Å². The van der Waals surface area contributed by atoms with Crippen molar-refractivity contribution in [2.75, 3.05) is 20.8 Å². The van der Waals surface area contributed by atoms with Crippen molar-refractivity contribution in [2.24, 2.45) is 5.92 Å². The second-order valence-corrected chi connectivity index (χ2v) is 9.44. The van der Waals surface area contributed by atoms with Gasteiger partial charge < -0.3 is 29.4 Å². The van der Waals surface area contributed by atoms with Crippen LogP contribution >= 0.6 is 0 Å². The lowest BCUT2D eigenvalue weighted by Gasteiger charge is -2.28.